The minimum Gasteiger partial charge on any atom is -0.375 e. The average molecular weight is 446 g/mol. The van der Waals surface area contributed by atoms with Gasteiger partial charge in [0.15, 0.2) is 0 Å². The summed E-state index contributed by atoms with van der Waals surface area (Å²) in [6.45, 7) is 7.26. The summed E-state index contributed by atoms with van der Waals surface area (Å²) >= 11 is 6.43. The van der Waals surface area contributed by atoms with Crippen LogP contribution in [0.2, 0.25) is 5.02 Å². The SMILES string of the molecule is CCC1CN(C(=O)CN2CCN(c3cnn(-c4ccccc4)c(=O)c3Cl)CC2)CCO1. The van der Waals surface area contributed by atoms with Gasteiger partial charge in [0.05, 0.1) is 36.8 Å². The largest absolute Gasteiger partial charge is 0.375 e. The maximum Gasteiger partial charge on any atom is 0.292 e. The fourth-order valence-electron chi connectivity index (χ4n) is 4.03. The first kappa shape index (κ1) is 21.8. The van der Waals surface area contributed by atoms with Gasteiger partial charge >= 0.3 is 0 Å². The number of piperazine rings is 1. The van der Waals surface area contributed by atoms with Crippen LogP contribution < -0.4 is 10.5 Å². The lowest BCUT2D eigenvalue weighted by Gasteiger charge is -2.38. The van der Waals surface area contributed by atoms with Gasteiger partial charge in [0.2, 0.25) is 5.91 Å². The summed E-state index contributed by atoms with van der Waals surface area (Å²) in [7, 11) is 0. The number of morpholine rings is 1. The van der Waals surface area contributed by atoms with E-state index in [9.17, 15) is 9.59 Å². The lowest BCUT2D eigenvalue weighted by Crippen LogP contribution is -2.53. The van der Waals surface area contributed by atoms with Crippen molar-refractivity contribution in [1.82, 2.24) is 19.6 Å². The fraction of sp³-hybridized carbons (Fsp3) is 0.500. The van der Waals surface area contributed by atoms with Gasteiger partial charge in [0.1, 0.15) is 5.02 Å². The highest BCUT2D eigenvalue weighted by molar-refractivity contribution is 6.33. The molecule has 1 aromatic carbocycles. The van der Waals surface area contributed by atoms with E-state index >= 15 is 0 Å². The van der Waals surface area contributed by atoms with E-state index < -0.39 is 0 Å². The van der Waals surface area contributed by atoms with E-state index in [0.29, 0.717) is 50.7 Å². The number of rotatable bonds is 5. The van der Waals surface area contributed by atoms with Gasteiger partial charge in [0, 0.05) is 39.3 Å². The van der Waals surface area contributed by atoms with Crippen LogP contribution in [-0.2, 0) is 9.53 Å². The Labute approximate surface area is 186 Å². The predicted octanol–water partition coefficient (Wildman–Crippen LogP) is 1.65. The Balaban J connectivity index is 1.36. The number of ether oxygens (including phenoxy) is 1. The maximum absolute atomic E-state index is 12.7. The molecule has 0 spiro atoms. The molecular weight excluding hydrogens is 418 g/mol. The van der Waals surface area contributed by atoms with E-state index in [2.05, 4.69) is 21.8 Å². The van der Waals surface area contributed by atoms with Crippen LogP contribution in [0.1, 0.15) is 13.3 Å². The molecule has 1 amide bonds. The van der Waals surface area contributed by atoms with Crippen LogP contribution in [0.3, 0.4) is 0 Å². The number of carbonyl (C=O) groups is 1. The molecule has 8 nitrogen and oxygen atoms in total. The van der Waals surface area contributed by atoms with Gasteiger partial charge in [-0.05, 0) is 18.6 Å². The van der Waals surface area contributed by atoms with Crippen LogP contribution in [0.15, 0.2) is 41.3 Å². The summed E-state index contributed by atoms with van der Waals surface area (Å²) < 4.78 is 6.97. The van der Waals surface area contributed by atoms with E-state index in [-0.39, 0.29) is 22.6 Å². The number of nitrogens with zero attached hydrogens (tertiary/aromatic N) is 5. The first-order valence-electron chi connectivity index (χ1n) is 10.8. The Morgan fingerprint density at radius 3 is 2.61 bits per heavy atom. The summed E-state index contributed by atoms with van der Waals surface area (Å²) in [5, 5.41) is 4.49. The molecule has 3 heterocycles. The topological polar surface area (TPSA) is 70.9 Å². The van der Waals surface area contributed by atoms with Crippen molar-refractivity contribution in [2.45, 2.75) is 19.4 Å². The summed E-state index contributed by atoms with van der Waals surface area (Å²) in [4.78, 5) is 31.6. The molecule has 0 saturated carbocycles. The van der Waals surface area contributed by atoms with E-state index in [4.69, 9.17) is 16.3 Å². The highest BCUT2D eigenvalue weighted by Crippen LogP contribution is 2.23. The van der Waals surface area contributed by atoms with Crippen molar-refractivity contribution >= 4 is 23.2 Å². The number of aromatic nitrogens is 2. The van der Waals surface area contributed by atoms with Gasteiger partial charge in [-0.3, -0.25) is 14.5 Å². The molecule has 2 fully saturated rings. The summed E-state index contributed by atoms with van der Waals surface area (Å²) in [5.41, 5.74) is 0.988. The van der Waals surface area contributed by atoms with Crippen molar-refractivity contribution in [2.24, 2.45) is 0 Å². The van der Waals surface area contributed by atoms with Crippen LogP contribution >= 0.6 is 11.6 Å². The Morgan fingerprint density at radius 2 is 1.90 bits per heavy atom. The third-order valence-corrected chi connectivity index (χ3v) is 6.28. The fourth-order valence-corrected chi connectivity index (χ4v) is 4.28. The molecule has 2 saturated heterocycles. The molecule has 1 atom stereocenters. The number of carbonyl (C=O) groups excluding carboxylic acids is 1. The zero-order chi connectivity index (χ0) is 21.8. The van der Waals surface area contributed by atoms with Crippen molar-refractivity contribution < 1.29 is 9.53 Å². The second kappa shape index (κ2) is 9.80. The van der Waals surface area contributed by atoms with Crippen LogP contribution in [0, 0.1) is 0 Å². The number of para-hydroxylation sites is 1. The third kappa shape index (κ3) is 4.92. The van der Waals surface area contributed by atoms with E-state index in [1.54, 1.807) is 6.20 Å². The first-order chi connectivity index (χ1) is 15.1. The van der Waals surface area contributed by atoms with Gasteiger partial charge < -0.3 is 14.5 Å². The lowest BCUT2D eigenvalue weighted by atomic mass is 10.2. The van der Waals surface area contributed by atoms with Gasteiger partial charge in [-0.1, -0.05) is 36.7 Å². The van der Waals surface area contributed by atoms with Crippen molar-refractivity contribution in [1.29, 1.82) is 0 Å². The van der Waals surface area contributed by atoms with Crippen LogP contribution in [0.25, 0.3) is 5.69 Å². The minimum absolute atomic E-state index is 0.141. The monoisotopic (exact) mass is 445 g/mol. The Morgan fingerprint density at radius 1 is 1.16 bits per heavy atom. The summed E-state index contributed by atoms with van der Waals surface area (Å²) in [6.07, 6.45) is 2.71. The predicted molar refractivity (Wildman–Crippen MR) is 120 cm³/mol. The number of anilines is 1. The molecule has 0 bridgehead atoms. The highest BCUT2D eigenvalue weighted by atomic mass is 35.5. The molecule has 1 unspecified atom stereocenters. The smallest absolute Gasteiger partial charge is 0.292 e. The molecule has 0 radical (unpaired) electrons. The molecule has 0 N–H and O–H groups in total. The standard InChI is InChI=1S/C22H28ClN5O3/c1-2-18-15-27(12-13-31-18)20(29)16-25-8-10-26(11-9-25)19-14-24-28(22(30)21(19)23)17-6-4-3-5-7-17/h3-7,14,18H,2,8-13,15-16H2,1H3. The van der Waals surface area contributed by atoms with Crippen LogP contribution in [0.4, 0.5) is 5.69 Å². The number of hydrogen-bond acceptors (Lipinski definition) is 6. The summed E-state index contributed by atoms with van der Waals surface area (Å²) in [6, 6.07) is 9.22. The van der Waals surface area contributed by atoms with Crippen molar-refractivity contribution in [2.75, 3.05) is 57.3 Å². The third-order valence-electron chi connectivity index (χ3n) is 5.92. The Kier molecular flexibility index (Phi) is 6.89. The maximum atomic E-state index is 12.7. The minimum atomic E-state index is -0.333. The lowest BCUT2D eigenvalue weighted by molar-refractivity contribution is -0.140. The van der Waals surface area contributed by atoms with Crippen molar-refractivity contribution in [3.63, 3.8) is 0 Å². The van der Waals surface area contributed by atoms with Crippen molar-refractivity contribution in [3.05, 3.63) is 51.9 Å². The van der Waals surface area contributed by atoms with Crippen LogP contribution in [-0.4, -0.2) is 84.0 Å². The highest BCUT2D eigenvalue weighted by Gasteiger charge is 2.27. The van der Waals surface area contributed by atoms with Gasteiger partial charge in [-0.15, -0.1) is 0 Å². The molecule has 2 aliphatic rings. The molecule has 9 heteroatoms. The number of hydrogen-bond donors (Lipinski definition) is 0. The number of halogens is 1. The van der Waals surface area contributed by atoms with E-state index in [1.807, 2.05) is 35.2 Å². The quantitative estimate of drug-likeness (QED) is 0.697. The number of benzene rings is 1. The number of amides is 1. The zero-order valence-electron chi connectivity index (χ0n) is 17.7. The normalized spacial score (nSPS) is 20.1. The average Bonchev–Trinajstić information content (AvgIpc) is 2.82. The molecule has 0 aliphatic carbocycles. The van der Waals surface area contributed by atoms with Crippen molar-refractivity contribution in [3.8, 4) is 5.69 Å². The second-order valence-corrected chi connectivity index (χ2v) is 8.28. The molecule has 2 aliphatic heterocycles. The zero-order valence-corrected chi connectivity index (χ0v) is 18.5. The Hall–Kier alpha value is -2.42. The second-order valence-electron chi connectivity index (χ2n) is 7.90. The van der Waals surface area contributed by atoms with Crippen LogP contribution in [0.5, 0.6) is 0 Å². The molecule has 4 rings (SSSR count). The molecule has 2 aromatic rings. The van der Waals surface area contributed by atoms with Gasteiger partial charge in [-0.2, -0.15) is 9.78 Å². The van der Waals surface area contributed by atoms with Gasteiger partial charge in [0.25, 0.3) is 5.56 Å². The Bertz CT molecular complexity index is 959. The van der Waals surface area contributed by atoms with E-state index in [1.165, 1.54) is 4.68 Å². The molecular formula is C22H28ClN5O3. The molecule has 166 valence electrons. The summed E-state index contributed by atoms with van der Waals surface area (Å²) in [5.74, 6) is 0.153. The van der Waals surface area contributed by atoms with E-state index in [0.717, 1.165) is 19.5 Å². The van der Waals surface area contributed by atoms with Gasteiger partial charge in [-0.25, -0.2) is 0 Å². The molecule has 31 heavy (non-hydrogen) atoms. The molecule has 1 aromatic heterocycles. The first-order valence-corrected chi connectivity index (χ1v) is 11.1.